The quantitative estimate of drug-likeness (QED) is 0.338. The molecule has 0 aliphatic carbocycles. The van der Waals surface area contributed by atoms with Crippen molar-refractivity contribution in [3.8, 4) is 34.0 Å². The van der Waals surface area contributed by atoms with E-state index in [2.05, 4.69) is 29.2 Å². The number of nitrogens with zero attached hydrogens (tertiary/aromatic N) is 3. The third-order valence-corrected chi connectivity index (χ3v) is 5.76. The van der Waals surface area contributed by atoms with Crippen LogP contribution in [0.1, 0.15) is 17.5 Å². The molecule has 8 heteroatoms. The number of aliphatic carboxylic acids is 1. The van der Waals surface area contributed by atoms with E-state index in [0.717, 1.165) is 27.8 Å². The Labute approximate surface area is 202 Å². The second-order valence-electron chi connectivity index (χ2n) is 8.31. The average molecular weight is 476 g/mol. The molecule has 0 fully saturated rings. The highest BCUT2D eigenvalue weighted by molar-refractivity contribution is 5.74. The van der Waals surface area contributed by atoms with E-state index in [-0.39, 0.29) is 18.8 Å². The van der Waals surface area contributed by atoms with Gasteiger partial charge >= 0.3 is 5.97 Å². The van der Waals surface area contributed by atoms with Crippen LogP contribution in [0.15, 0.2) is 65.2 Å². The molecule has 0 bridgehead atoms. The molecular formula is C27H26FN3O4. The molecule has 1 N–H and O–H groups in total. The standard InChI is InChI=1S/C27H26FN3O4/c1-17-6-4-5-7-23(17)24-9-8-18(12-20(24)16-34-3)27-29-26(30-35-27)19-13-21(28)15-22(14-19)31(2)11-10-25(32)33/h4-9,12-15H,10-11,16H2,1-3H3,(H,32,33). The van der Waals surface area contributed by atoms with Gasteiger partial charge in [-0.15, -0.1) is 0 Å². The maximum atomic E-state index is 14.3. The lowest BCUT2D eigenvalue weighted by Crippen LogP contribution is -2.21. The zero-order valence-electron chi connectivity index (χ0n) is 19.8. The van der Waals surface area contributed by atoms with E-state index in [0.29, 0.717) is 23.7 Å². The van der Waals surface area contributed by atoms with Gasteiger partial charge < -0.3 is 19.3 Å². The predicted molar refractivity (Wildman–Crippen MR) is 132 cm³/mol. The van der Waals surface area contributed by atoms with Gasteiger partial charge in [-0.3, -0.25) is 4.79 Å². The Morgan fingerprint density at radius 1 is 1.09 bits per heavy atom. The Bertz CT molecular complexity index is 1350. The van der Waals surface area contributed by atoms with Gasteiger partial charge in [-0.1, -0.05) is 35.5 Å². The van der Waals surface area contributed by atoms with Gasteiger partial charge in [-0.05, 0) is 59.5 Å². The van der Waals surface area contributed by atoms with Crippen molar-refractivity contribution in [2.75, 3.05) is 25.6 Å². The first-order valence-electron chi connectivity index (χ1n) is 11.1. The number of halogens is 1. The number of hydrogen-bond donors (Lipinski definition) is 1. The molecule has 1 heterocycles. The lowest BCUT2D eigenvalue weighted by atomic mass is 9.94. The van der Waals surface area contributed by atoms with E-state index < -0.39 is 11.8 Å². The van der Waals surface area contributed by atoms with Crippen molar-refractivity contribution in [3.05, 3.63) is 77.6 Å². The monoisotopic (exact) mass is 475 g/mol. The summed E-state index contributed by atoms with van der Waals surface area (Å²) < 4.78 is 25.3. The number of benzene rings is 3. The summed E-state index contributed by atoms with van der Waals surface area (Å²) in [6.07, 6.45) is -0.0585. The third-order valence-electron chi connectivity index (χ3n) is 5.76. The lowest BCUT2D eigenvalue weighted by Gasteiger charge is -2.18. The predicted octanol–water partition coefficient (Wildman–Crippen LogP) is 5.58. The van der Waals surface area contributed by atoms with Gasteiger partial charge in [0.25, 0.3) is 5.89 Å². The summed E-state index contributed by atoms with van der Waals surface area (Å²) in [6, 6.07) is 18.4. The van der Waals surface area contributed by atoms with E-state index >= 15 is 0 Å². The van der Waals surface area contributed by atoms with Crippen molar-refractivity contribution in [3.63, 3.8) is 0 Å². The SMILES string of the molecule is COCc1cc(-c2nc(-c3cc(F)cc(N(C)CCC(=O)O)c3)no2)ccc1-c1ccccc1C. The number of rotatable bonds is 9. The summed E-state index contributed by atoms with van der Waals surface area (Å²) in [4.78, 5) is 17.0. The summed E-state index contributed by atoms with van der Waals surface area (Å²) in [5.74, 6) is -0.851. The fraction of sp³-hybridized carbons (Fsp3) is 0.222. The molecule has 0 saturated heterocycles. The van der Waals surface area contributed by atoms with Crippen LogP contribution in [0.4, 0.5) is 10.1 Å². The number of hydrogen-bond acceptors (Lipinski definition) is 6. The normalized spacial score (nSPS) is 11.0. The molecule has 35 heavy (non-hydrogen) atoms. The molecule has 0 radical (unpaired) electrons. The number of carboxylic acid groups (broad SMARTS) is 1. The summed E-state index contributed by atoms with van der Waals surface area (Å²) in [5, 5.41) is 13.0. The van der Waals surface area contributed by atoms with Gasteiger partial charge in [0, 0.05) is 37.5 Å². The highest BCUT2D eigenvalue weighted by Crippen LogP contribution is 2.32. The molecule has 3 aromatic carbocycles. The van der Waals surface area contributed by atoms with Crippen molar-refractivity contribution >= 4 is 11.7 Å². The minimum Gasteiger partial charge on any atom is -0.481 e. The molecule has 0 spiro atoms. The number of aryl methyl sites for hydroxylation is 1. The molecular weight excluding hydrogens is 449 g/mol. The fourth-order valence-electron chi connectivity index (χ4n) is 3.91. The highest BCUT2D eigenvalue weighted by Gasteiger charge is 2.16. The van der Waals surface area contributed by atoms with Crippen molar-refractivity contribution in [1.82, 2.24) is 10.1 Å². The summed E-state index contributed by atoms with van der Waals surface area (Å²) in [5.41, 5.74) is 6.01. The smallest absolute Gasteiger partial charge is 0.305 e. The molecule has 0 amide bonds. The molecule has 180 valence electrons. The zero-order valence-corrected chi connectivity index (χ0v) is 19.8. The molecule has 0 saturated carbocycles. The topological polar surface area (TPSA) is 88.7 Å². The number of carbonyl (C=O) groups is 1. The number of anilines is 1. The van der Waals surface area contributed by atoms with E-state index in [9.17, 15) is 9.18 Å². The Hall–Kier alpha value is -4.04. The second-order valence-corrected chi connectivity index (χ2v) is 8.31. The first-order valence-corrected chi connectivity index (χ1v) is 11.1. The summed E-state index contributed by atoms with van der Waals surface area (Å²) >= 11 is 0. The van der Waals surface area contributed by atoms with Gasteiger partial charge in [-0.25, -0.2) is 4.39 Å². The molecule has 0 unspecified atom stereocenters. The Balaban J connectivity index is 1.65. The maximum Gasteiger partial charge on any atom is 0.305 e. The molecule has 4 rings (SSSR count). The van der Waals surface area contributed by atoms with Crippen molar-refractivity contribution in [2.24, 2.45) is 0 Å². The van der Waals surface area contributed by atoms with Gasteiger partial charge in [0.15, 0.2) is 0 Å². The average Bonchev–Trinajstić information content (AvgIpc) is 3.33. The molecule has 1 aromatic heterocycles. The Morgan fingerprint density at radius 2 is 1.89 bits per heavy atom. The van der Waals surface area contributed by atoms with Crippen LogP contribution in [0.2, 0.25) is 0 Å². The number of methoxy groups -OCH3 is 1. The van der Waals surface area contributed by atoms with Gasteiger partial charge in [0.1, 0.15) is 5.82 Å². The first-order chi connectivity index (χ1) is 16.9. The molecule has 4 aromatic rings. The summed E-state index contributed by atoms with van der Waals surface area (Å²) in [7, 11) is 3.35. The molecule has 0 aliphatic heterocycles. The molecule has 7 nitrogen and oxygen atoms in total. The van der Waals surface area contributed by atoms with Crippen molar-refractivity contribution in [2.45, 2.75) is 20.0 Å². The zero-order chi connectivity index (χ0) is 24.9. The lowest BCUT2D eigenvalue weighted by molar-refractivity contribution is -0.136. The van der Waals surface area contributed by atoms with E-state index in [4.69, 9.17) is 14.4 Å². The third kappa shape index (κ3) is 5.55. The van der Waals surface area contributed by atoms with Crippen LogP contribution in [0.25, 0.3) is 34.0 Å². The van der Waals surface area contributed by atoms with Crippen molar-refractivity contribution < 1.29 is 23.6 Å². The van der Waals surface area contributed by atoms with Gasteiger partial charge in [0.2, 0.25) is 5.82 Å². The van der Waals surface area contributed by atoms with Crippen LogP contribution >= 0.6 is 0 Å². The second kappa shape index (κ2) is 10.5. The number of carboxylic acids is 1. The number of ether oxygens (including phenoxy) is 1. The van der Waals surface area contributed by atoms with E-state index in [1.54, 1.807) is 25.1 Å². The maximum absolute atomic E-state index is 14.3. The van der Waals surface area contributed by atoms with Crippen LogP contribution in [0.5, 0.6) is 0 Å². The summed E-state index contributed by atoms with van der Waals surface area (Å²) in [6.45, 7) is 2.72. The van der Waals surface area contributed by atoms with E-state index in [1.807, 2.05) is 30.3 Å². The van der Waals surface area contributed by atoms with E-state index in [1.165, 1.54) is 12.1 Å². The molecule has 0 aliphatic rings. The van der Waals surface area contributed by atoms with Gasteiger partial charge in [0.05, 0.1) is 13.0 Å². The number of aromatic nitrogens is 2. The largest absolute Gasteiger partial charge is 0.481 e. The van der Waals surface area contributed by atoms with Crippen molar-refractivity contribution in [1.29, 1.82) is 0 Å². The van der Waals surface area contributed by atoms with Gasteiger partial charge in [-0.2, -0.15) is 4.98 Å². The molecule has 0 atom stereocenters. The van der Waals surface area contributed by atoms with Crippen LogP contribution in [0, 0.1) is 12.7 Å². The Kier molecular flexibility index (Phi) is 7.22. The van der Waals surface area contributed by atoms with Crippen LogP contribution in [-0.4, -0.2) is 41.9 Å². The van der Waals surface area contributed by atoms with Crippen LogP contribution in [0.3, 0.4) is 0 Å². The minimum absolute atomic E-state index is 0.0585. The minimum atomic E-state index is -0.919. The highest BCUT2D eigenvalue weighted by atomic mass is 19.1. The van der Waals surface area contributed by atoms with Crippen LogP contribution < -0.4 is 4.90 Å². The fourth-order valence-corrected chi connectivity index (χ4v) is 3.91. The Morgan fingerprint density at radius 3 is 2.63 bits per heavy atom. The first kappa shape index (κ1) is 24.1. The van der Waals surface area contributed by atoms with Crippen LogP contribution in [-0.2, 0) is 16.1 Å².